The van der Waals surface area contributed by atoms with Crippen molar-refractivity contribution < 1.29 is 14.3 Å². The Balaban J connectivity index is 1.54. The maximum atomic E-state index is 12.5. The van der Waals surface area contributed by atoms with Crippen LogP contribution in [0.1, 0.15) is 46.2 Å². The molecule has 2 amide bonds. The van der Waals surface area contributed by atoms with E-state index in [1.807, 2.05) is 24.3 Å². The number of hydrogen-bond acceptors (Lipinski definition) is 5. The first kappa shape index (κ1) is 21.0. The van der Waals surface area contributed by atoms with Crippen LogP contribution < -0.4 is 10.6 Å². The smallest absolute Gasteiger partial charge is 0.269 e. The average molecular weight is 396 g/mol. The van der Waals surface area contributed by atoms with Gasteiger partial charge in [-0.05, 0) is 35.7 Å². The quantitative estimate of drug-likeness (QED) is 0.751. The largest absolute Gasteiger partial charge is 0.379 e. The minimum Gasteiger partial charge on any atom is -0.379 e. The van der Waals surface area contributed by atoms with Crippen molar-refractivity contribution in [3.05, 3.63) is 59.4 Å². The van der Waals surface area contributed by atoms with Crippen LogP contribution in [0.15, 0.2) is 42.6 Å². The highest BCUT2D eigenvalue weighted by Gasteiger charge is 2.14. The Labute approximate surface area is 171 Å². The number of anilines is 1. The van der Waals surface area contributed by atoms with E-state index in [9.17, 15) is 9.59 Å². The summed E-state index contributed by atoms with van der Waals surface area (Å²) in [5.74, 6) is -0.120. The summed E-state index contributed by atoms with van der Waals surface area (Å²) in [7, 11) is 0. The zero-order chi connectivity index (χ0) is 20.6. The van der Waals surface area contributed by atoms with E-state index in [0.29, 0.717) is 23.7 Å². The fourth-order valence-electron chi connectivity index (χ4n) is 3.09. The zero-order valence-corrected chi connectivity index (χ0v) is 17.0. The van der Waals surface area contributed by atoms with Gasteiger partial charge in [0.15, 0.2) is 0 Å². The molecule has 1 aliphatic heterocycles. The fourth-order valence-corrected chi connectivity index (χ4v) is 3.09. The van der Waals surface area contributed by atoms with Gasteiger partial charge in [0.05, 0.1) is 13.2 Å². The van der Waals surface area contributed by atoms with Crippen LogP contribution in [-0.4, -0.2) is 61.1 Å². The third-order valence-electron chi connectivity index (χ3n) is 4.91. The molecule has 0 radical (unpaired) electrons. The van der Waals surface area contributed by atoms with Crippen molar-refractivity contribution >= 4 is 17.5 Å². The summed E-state index contributed by atoms with van der Waals surface area (Å²) in [5.41, 5.74) is 2.55. The van der Waals surface area contributed by atoms with Crippen molar-refractivity contribution in [2.75, 3.05) is 44.7 Å². The van der Waals surface area contributed by atoms with E-state index < -0.39 is 0 Å². The molecular weight excluding hydrogens is 368 g/mol. The van der Waals surface area contributed by atoms with Gasteiger partial charge in [0.2, 0.25) is 0 Å². The summed E-state index contributed by atoms with van der Waals surface area (Å²) in [6.45, 7) is 8.75. The second-order valence-electron chi connectivity index (χ2n) is 7.37. The number of ether oxygens (including phenoxy) is 1. The number of morpholine rings is 1. The standard InChI is InChI=1S/C22H28N4O3/c1-16(2)17-3-5-19(6-4-17)25-21(27)18-7-8-23-20(15-18)22(28)24-9-10-26-11-13-29-14-12-26/h3-8,15-16H,9-14H2,1-2H3,(H,24,28)(H,25,27). The Kier molecular flexibility index (Phi) is 7.32. The first-order chi connectivity index (χ1) is 14.0. The van der Waals surface area contributed by atoms with E-state index in [1.54, 1.807) is 6.07 Å². The minimum absolute atomic E-state index is 0.231. The molecular formula is C22H28N4O3. The van der Waals surface area contributed by atoms with Gasteiger partial charge in [-0.25, -0.2) is 0 Å². The van der Waals surface area contributed by atoms with Gasteiger partial charge in [-0.2, -0.15) is 0 Å². The first-order valence-electron chi connectivity index (χ1n) is 9.98. The summed E-state index contributed by atoms with van der Waals surface area (Å²) in [4.78, 5) is 31.3. The number of carbonyl (C=O) groups excluding carboxylic acids is 2. The molecule has 0 atom stereocenters. The molecule has 7 heteroatoms. The van der Waals surface area contributed by atoms with Crippen molar-refractivity contribution in [3.8, 4) is 0 Å². The van der Waals surface area contributed by atoms with E-state index in [-0.39, 0.29) is 17.5 Å². The highest BCUT2D eigenvalue weighted by Crippen LogP contribution is 2.17. The maximum Gasteiger partial charge on any atom is 0.269 e. The molecule has 1 fully saturated rings. The molecule has 0 bridgehead atoms. The van der Waals surface area contributed by atoms with Crippen molar-refractivity contribution in [2.45, 2.75) is 19.8 Å². The van der Waals surface area contributed by atoms with Crippen molar-refractivity contribution in [1.82, 2.24) is 15.2 Å². The van der Waals surface area contributed by atoms with E-state index in [0.717, 1.165) is 32.8 Å². The molecule has 1 aromatic heterocycles. The lowest BCUT2D eigenvalue weighted by atomic mass is 10.0. The molecule has 1 aliphatic rings. The number of rotatable bonds is 7. The summed E-state index contributed by atoms with van der Waals surface area (Å²) >= 11 is 0. The molecule has 2 heterocycles. The molecule has 0 aliphatic carbocycles. The number of aromatic nitrogens is 1. The monoisotopic (exact) mass is 396 g/mol. The van der Waals surface area contributed by atoms with Crippen molar-refractivity contribution in [1.29, 1.82) is 0 Å². The summed E-state index contributed by atoms with van der Waals surface area (Å²) in [6.07, 6.45) is 1.48. The predicted octanol–water partition coefficient (Wildman–Crippen LogP) is 2.52. The van der Waals surface area contributed by atoms with E-state index in [4.69, 9.17) is 4.74 Å². The molecule has 1 aromatic carbocycles. The van der Waals surface area contributed by atoms with Gasteiger partial charge < -0.3 is 15.4 Å². The Morgan fingerprint density at radius 2 is 1.83 bits per heavy atom. The van der Waals surface area contributed by atoms with Crippen LogP contribution in [0.4, 0.5) is 5.69 Å². The number of hydrogen-bond donors (Lipinski definition) is 2. The fraction of sp³-hybridized carbons (Fsp3) is 0.409. The Morgan fingerprint density at radius 1 is 1.10 bits per heavy atom. The van der Waals surface area contributed by atoms with Crippen LogP contribution in [0, 0.1) is 0 Å². The number of nitrogens with one attached hydrogen (secondary N) is 2. The molecule has 0 unspecified atom stereocenters. The maximum absolute atomic E-state index is 12.5. The van der Waals surface area contributed by atoms with Crippen molar-refractivity contribution in [2.24, 2.45) is 0 Å². The summed E-state index contributed by atoms with van der Waals surface area (Å²) in [6, 6.07) is 10.9. The highest BCUT2D eigenvalue weighted by atomic mass is 16.5. The number of benzene rings is 1. The molecule has 3 rings (SSSR count). The van der Waals surface area contributed by atoms with Crippen molar-refractivity contribution in [3.63, 3.8) is 0 Å². The molecule has 29 heavy (non-hydrogen) atoms. The molecule has 0 saturated carbocycles. The van der Waals surface area contributed by atoms with Gasteiger partial charge >= 0.3 is 0 Å². The third kappa shape index (κ3) is 6.10. The Bertz CT molecular complexity index is 830. The zero-order valence-electron chi connectivity index (χ0n) is 17.0. The van der Waals surface area contributed by atoms with Gasteiger partial charge in [0.25, 0.3) is 11.8 Å². The van der Waals surface area contributed by atoms with E-state index in [2.05, 4.69) is 34.4 Å². The predicted molar refractivity (Wildman–Crippen MR) is 112 cm³/mol. The van der Waals surface area contributed by atoms with Crippen LogP contribution in [0.3, 0.4) is 0 Å². The number of pyridine rings is 1. The second-order valence-corrected chi connectivity index (χ2v) is 7.37. The minimum atomic E-state index is -0.283. The normalized spacial score (nSPS) is 14.6. The van der Waals surface area contributed by atoms with Gasteiger partial charge in [-0.3, -0.25) is 19.5 Å². The van der Waals surface area contributed by atoms with Crippen LogP contribution in [-0.2, 0) is 4.74 Å². The lowest BCUT2D eigenvalue weighted by Gasteiger charge is -2.26. The number of amides is 2. The molecule has 154 valence electrons. The molecule has 0 spiro atoms. The van der Waals surface area contributed by atoms with Crippen LogP contribution in [0.25, 0.3) is 0 Å². The second kappa shape index (κ2) is 10.1. The number of nitrogens with zero attached hydrogens (tertiary/aromatic N) is 2. The van der Waals surface area contributed by atoms with Gasteiger partial charge in [0, 0.05) is 43.6 Å². The van der Waals surface area contributed by atoms with Gasteiger partial charge in [-0.15, -0.1) is 0 Å². The van der Waals surface area contributed by atoms with Gasteiger partial charge in [0.1, 0.15) is 5.69 Å². The topological polar surface area (TPSA) is 83.6 Å². The SMILES string of the molecule is CC(C)c1ccc(NC(=O)c2ccnc(C(=O)NCCN3CCOCC3)c2)cc1. The Morgan fingerprint density at radius 3 is 2.52 bits per heavy atom. The van der Waals surface area contributed by atoms with Crippen LogP contribution >= 0.6 is 0 Å². The Hall–Kier alpha value is -2.77. The summed E-state index contributed by atoms with van der Waals surface area (Å²) < 4.78 is 5.31. The third-order valence-corrected chi connectivity index (χ3v) is 4.91. The molecule has 2 aromatic rings. The molecule has 1 saturated heterocycles. The lowest BCUT2D eigenvalue weighted by molar-refractivity contribution is 0.0383. The molecule has 7 nitrogen and oxygen atoms in total. The lowest BCUT2D eigenvalue weighted by Crippen LogP contribution is -2.41. The summed E-state index contributed by atoms with van der Waals surface area (Å²) in [5, 5.41) is 5.72. The average Bonchev–Trinajstić information content (AvgIpc) is 2.75. The highest BCUT2D eigenvalue weighted by molar-refractivity contribution is 6.05. The van der Waals surface area contributed by atoms with Crippen LogP contribution in [0.2, 0.25) is 0 Å². The van der Waals surface area contributed by atoms with Gasteiger partial charge in [-0.1, -0.05) is 26.0 Å². The van der Waals surface area contributed by atoms with E-state index in [1.165, 1.54) is 17.8 Å². The number of carbonyl (C=O) groups is 2. The van der Waals surface area contributed by atoms with E-state index >= 15 is 0 Å². The van der Waals surface area contributed by atoms with Crippen LogP contribution in [0.5, 0.6) is 0 Å². The first-order valence-corrected chi connectivity index (χ1v) is 9.98. The molecule has 2 N–H and O–H groups in total.